The third-order valence-electron chi connectivity index (χ3n) is 4.75. The van der Waals surface area contributed by atoms with Crippen LogP contribution in [0.4, 0.5) is 5.69 Å². The van der Waals surface area contributed by atoms with Gasteiger partial charge < -0.3 is 15.3 Å². The fraction of sp³-hybridized carbons (Fsp3) is 0.444. The minimum Gasteiger partial charge on any atom is -0.507 e. The van der Waals surface area contributed by atoms with Crippen LogP contribution in [0.15, 0.2) is 36.4 Å². The smallest absolute Gasteiger partial charge is 0.123 e. The Hall–Kier alpha value is -1.74. The van der Waals surface area contributed by atoms with Gasteiger partial charge in [-0.3, -0.25) is 0 Å². The second-order valence-electron chi connectivity index (χ2n) is 6.25. The Morgan fingerprint density at radius 1 is 1.10 bits per heavy atom. The van der Waals surface area contributed by atoms with Gasteiger partial charge in [-0.25, -0.2) is 0 Å². The van der Waals surface area contributed by atoms with Crippen LogP contribution < -0.4 is 5.32 Å². The number of anilines is 1. The summed E-state index contributed by atoms with van der Waals surface area (Å²) in [5.41, 5.74) is 1.12. The van der Waals surface area contributed by atoms with Gasteiger partial charge in [0.2, 0.25) is 0 Å². The first-order valence-electron chi connectivity index (χ1n) is 7.81. The molecule has 2 N–H and O–H groups in total. The SMILES string of the molecule is CC(Nc1cccc2c(O)cccc12)C1CCN(C)CC1. The van der Waals surface area contributed by atoms with Crippen LogP contribution in [0.3, 0.4) is 0 Å². The molecule has 21 heavy (non-hydrogen) atoms. The molecule has 0 radical (unpaired) electrons. The number of fused-ring (bicyclic) bond motifs is 1. The number of aromatic hydroxyl groups is 1. The van der Waals surface area contributed by atoms with Crippen molar-refractivity contribution in [3.8, 4) is 5.75 Å². The van der Waals surface area contributed by atoms with Gasteiger partial charge in [-0.1, -0.05) is 24.3 Å². The van der Waals surface area contributed by atoms with Gasteiger partial charge in [0.25, 0.3) is 0 Å². The summed E-state index contributed by atoms with van der Waals surface area (Å²) >= 11 is 0. The van der Waals surface area contributed by atoms with E-state index >= 15 is 0 Å². The second-order valence-corrected chi connectivity index (χ2v) is 6.25. The van der Waals surface area contributed by atoms with Gasteiger partial charge in [-0.05, 0) is 58.0 Å². The zero-order valence-corrected chi connectivity index (χ0v) is 12.8. The van der Waals surface area contributed by atoms with Gasteiger partial charge in [0.05, 0.1) is 0 Å². The number of phenols is 1. The molecule has 0 aliphatic carbocycles. The Bertz CT molecular complexity index is 618. The lowest BCUT2D eigenvalue weighted by molar-refractivity contribution is 0.208. The molecule has 2 aromatic rings. The average molecular weight is 284 g/mol. The number of rotatable bonds is 3. The van der Waals surface area contributed by atoms with Crippen LogP contribution in [0.2, 0.25) is 0 Å². The summed E-state index contributed by atoms with van der Waals surface area (Å²) in [7, 11) is 2.20. The van der Waals surface area contributed by atoms with Crippen LogP contribution >= 0.6 is 0 Å². The summed E-state index contributed by atoms with van der Waals surface area (Å²) < 4.78 is 0. The first-order valence-corrected chi connectivity index (χ1v) is 7.81. The highest BCUT2D eigenvalue weighted by molar-refractivity contribution is 5.97. The van der Waals surface area contributed by atoms with Crippen molar-refractivity contribution in [1.82, 2.24) is 4.90 Å². The van der Waals surface area contributed by atoms with E-state index in [1.165, 1.54) is 25.9 Å². The molecule has 1 fully saturated rings. The summed E-state index contributed by atoms with van der Waals surface area (Å²) in [5.74, 6) is 1.07. The molecular weight excluding hydrogens is 260 g/mol. The Balaban J connectivity index is 1.80. The topological polar surface area (TPSA) is 35.5 Å². The summed E-state index contributed by atoms with van der Waals surface area (Å²) in [6.45, 7) is 4.65. The highest BCUT2D eigenvalue weighted by Crippen LogP contribution is 2.31. The molecule has 1 heterocycles. The number of hydrogen-bond donors (Lipinski definition) is 2. The van der Waals surface area contributed by atoms with E-state index in [1.807, 2.05) is 18.2 Å². The van der Waals surface area contributed by atoms with E-state index in [0.29, 0.717) is 17.7 Å². The predicted octanol–water partition coefficient (Wildman–Crippen LogP) is 3.69. The molecule has 2 aromatic carbocycles. The summed E-state index contributed by atoms with van der Waals surface area (Å²) in [6.07, 6.45) is 2.50. The standard InChI is InChI=1S/C18H24N2O/c1-13(14-9-11-20(2)12-10-14)19-17-7-3-6-16-15(17)5-4-8-18(16)21/h3-8,13-14,19,21H,9-12H2,1-2H3. The number of piperidine rings is 1. The van der Waals surface area contributed by atoms with Crippen molar-refractivity contribution in [2.75, 3.05) is 25.5 Å². The van der Waals surface area contributed by atoms with E-state index in [1.54, 1.807) is 6.07 Å². The van der Waals surface area contributed by atoms with Crippen molar-refractivity contribution in [3.05, 3.63) is 36.4 Å². The van der Waals surface area contributed by atoms with E-state index in [9.17, 15) is 5.11 Å². The van der Waals surface area contributed by atoms with Gasteiger partial charge in [-0.15, -0.1) is 0 Å². The second kappa shape index (κ2) is 5.94. The lowest BCUT2D eigenvalue weighted by atomic mass is 9.90. The molecule has 0 bridgehead atoms. The van der Waals surface area contributed by atoms with E-state index < -0.39 is 0 Å². The molecule has 1 unspecified atom stereocenters. The van der Waals surface area contributed by atoms with Crippen molar-refractivity contribution in [3.63, 3.8) is 0 Å². The zero-order chi connectivity index (χ0) is 14.8. The number of nitrogens with zero attached hydrogens (tertiary/aromatic N) is 1. The Morgan fingerprint density at radius 3 is 2.52 bits per heavy atom. The number of hydrogen-bond acceptors (Lipinski definition) is 3. The Kier molecular flexibility index (Phi) is 4.02. The van der Waals surface area contributed by atoms with Crippen LogP contribution in [0.1, 0.15) is 19.8 Å². The molecule has 1 aliphatic heterocycles. The first-order chi connectivity index (χ1) is 10.1. The minimum atomic E-state index is 0.350. The predicted molar refractivity (Wildman–Crippen MR) is 88.9 cm³/mol. The lowest BCUT2D eigenvalue weighted by Crippen LogP contribution is -2.37. The Labute approximate surface area is 126 Å². The fourth-order valence-electron chi connectivity index (χ4n) is 3.31. The van der Waals surface area contributed by atoms with Crippen LogP contribution in [0, 0.1) is 5.92 Å². The van der Waals surface area contributed by atoms with Crippen molar-refractivity contribution < 1.29 is 5.11 Å². The highest BCUT2D eigenvalue weighted by Gasteiger charge is 2.22. The van der Waals surface area contributed by atoms with Gasteiger partial charge >= 0.3 is 0 Å². The number of likely N-dealkylation sites (tertiary alicyclic amines) is 1. The number of nitrogens with one attached hydrogen (secondary N) is 1. The van der Waals surface area contributed by atoms with Gasteiger partial charge in [-0.2, -0.15) is 0 Å². The summed E-state index contributed by atoms with van der Waals surface area (Å²) in [5, 5.41) is 15.7. The van der Waals surface area contributed by atoms with E-state index in [4.69, 9.17) is 0 Å². The van der Waals surface area contributed by atoms with Gasteiger partial charge in [0.1, 0.15) is 5.75 Å². The highest BCUT2D eigenvalue weighted by atomic mass is 16.3. The maximum absolute atomic E-state index is 9.97. The molecule has 0 amide bonds. The molecule has 0 saturated carbocycles. The number of benzene rings is 2. The molecule has 3 rings (SSSR count). The number of phenolic OH excluding ortho intramolecular Hbond substituents is 1. The first kappa shape index (κ1) is 14.2. The maximum Gasteiger partial charge on any atom is 0.123 e. The molecular formula is C18H24N2O. The van der Waals surface area contributed by atoms with Crippen molar-refractivity contribution >= 4 is 16.5 Å². The largest absolute Gasteiger partial charge is 0.507 e. The van der Waals surface area contributed by atoms with Gasteiger partial charge in [0, 0.05) is 22.5 Å². The van der Waals surface area contributed by atoms with Crippen molar-refractivity contribution in [2.45, 2.75) is 25.8 Å². The van der Waals surface area contributed by atoms with E-state index in [2.05, 4.69) is 36.3 Å². The molecule has 1 atom stereocenters. The van der Waals surface area contributed by atoms with Crippen molar-refractivity contribution in [2.24, 2.45) is 5.92 Å². The van der Waals surface area contributed by atoms with Gasteiger partial charge in [0.15, 0.2) is 0 Å². The monoisotopic (exact) mass is 284 g/mol. The quantitative estimate of drug-likeness (QED) is 0.902. The molecule has 1 saturated heterocycles. The minimum absolute atomic E-state index is 0.350. The molecule has 112 valence electrons. The maximum atomic E-state index is 9.97. The van der Waals surface area contributed by atoms with Crippen LogP contribution in [0.25, 0.3) is 10.8 Å². The van der Waals surface area contributed by atoms with Crippen LogP contribution in [0.5, 0.6) is 5.75 Å². The molecule has 3 heteroatoms. The lowest BCUT2D eigenvalue weighted by Gasteiger charge is -2.33. The summed E-state index contributed by atoms with van der Waals surface area (Å²) in [4.78, 5) is 2.40. The van der Waals surface area contributed by atoms with E-state index in [0.717, 1.165) is 16.5 Å². The molecule has 1 aliphatic rings. The normalized spacial score (nSPS) is 18.8. The molecule has 0 aromatic heterocycles. The van der Waals surface area contributed by atoms with E-state index in [-0.39, 0.29) is 0 Å². The van der Waals surface area contributed by atoms with Crippen molar-refractivity contribution in [1.29, 1.82) is 0 Å². The third kappa shape index (κ3) is 2.98. The van der Waals surface area contributed by atoms with Crippen LogP contribution in [-0.2, 0) is 0 Å². The zero-order valence-electron chi connectivity index (χ0n) is 12.8. The fourth-order valence-corrected chi connectivity index (χ4v) is 3.31. The summed E-state index contributed by atoms with van der Waals surface area (Å²) in [6, 6.07) is 12.2. The Morgan fingerprint density at radius 2 is 1.76 bits per heavy atom. The molecule has 0 spiro atoms. The third-order valence-corrected chi connectivity index (χ3v) is 4.75. The van der Waals surface area contributed by atoms with Crippen LogP contribution in [-0.4, -0.2) is 36.2 Å². The molecule has 3 nitrogen and oxygen atoms in total. The average Bonchev–Trinajstić information content (AvgIpc) is 2.49.